The van der Waals surface area contributed by atoms with Crippen molar-refractivity contribution in [3.63, 3.8) is 0 Å². The first-order valence-corrected chi connectivity index (χ1v) is 12.9. The van der Waals surface area contributed by atoms with Crippen LogP contribution in [0.1, 0.15) is 73.1 Å². The SMILES string of the molecule is CC1=C(C)C(=O)O[C@@H]([C@](C)(O)[C@H]2CC[C@@H]3[C@@H]4C[C@H]5O[C@]56C(=O)C=CC(=O)[C@]6(C)[C@@H]4CC[C@@]32C)C1. The van der Waals surface area contributed by atoms with Crippen LogP contribution in [0, 0.1) is 34.5 Å². The van der Waals surface area contributed by atoms with Crippen LogP contribution in [-0.2, 0) is 23.9 Å². The van der Waals surface area contributed by atoms with Crippen molar-refractivity contribution in [1.82, 2.24) is 0 Å². The normalized spacial score (nSPS) is 51.2. The summed E-state index contributed by atoms with van der Waals surface area (Å²) in [6.07, 6.45) is 7.10. The predicted octanol–water partition coefficient (Wildman–Crippen LogP) is 3.70. The van der Waals surface area contributed by atoms with Gasteiger partial charge in [0.05, 0.1) is 11.5 Å². The van der Waals surface area contributed by atoms with Gasteiger partial charge in [-0.3, -0.25) is 9.59 Å². The zero-order valence-corrected chi connectivity index (χ0v) is 20.8. The molecular formula is C28H36O6. The van der Waals surface area contributed by atoms with Crippen LogP contribution < -0.4 is 0 Å². The Morgan fingerprint density at radius 1 is 1.03 bits per heavy atom. The number of epoxide rings is 1. The predicted molar refractivity (Wildman–Crippen MR) is 124 cm³/mol. The van der Waals surface area contributed by atoms with Crippen LogP contribution in [0.25, 0.3) is 0 Å². The molecule has 0 amide bonds. The van der Waals surface area contributed by atoms with Gasteiger partial charge in [-0.25, -0.2) is 4.79 Å². The highest BCUT2D eigenvalue weighted by Gasteiger charge is 2.81. The van der Waals surface area contributed by atoms with Gasteiger partial charge in [-0.15, -0.1) is 0 Å². The maximum Gasteiger partial charge on any atom is 0.334 e. The lowest BCUT2D eigenvalue weighted by Crippen LogP contribution is -2.63. The number of rotatable bonds is 2. The Labute approximate surface area is 201 Å². The number of carbonyl (C=O) groups is 3. The van der Waals surface area contributed by atoms with Crippen molar-refractivity contribution in [2.75, 3.05) is 0 Å². The fourth-order valence-corrected chi connectivity index (χ4v) is 9.38. The van der Waals surface area contributed by atoms with Crippen molar-refractivity contribution in [1.29, 1.82) is 0 Å². The molecule has 1 N–H and O–H groups in total. The lowest BCUT2D eigenvalue weighted by molar-refractivity contribution is -0.183. The topological polar surface area (TPSA) is 93.2 Å². The van der Waals surface area contributed by atoms with Crippen LogP contribution in [0.2, 0.25) is 0 Å². The number of hydrogen-bond acceptors (Lipinski definition) is 6. The number of ketones is 2. The molecule has 1 saturated heterocycles. The van der Waals surface area contributed by atoms with Crippen molar-refractivity contribution >= 4 is 17.5 Å². The molecule has 1 spiro atoms. The average molecular weight is 469 g/mol. The van der Waals surface area contributed by atoms with Crippen LogP contribution in [0.3, 0.4) is 0 Å². The van der Waals surface area contributed by atoms with Gasteiger partial charge in [0.15, 0.2) is 17.2 Å². The summed E-state index contributed by atoms with van der Waals surface area (Å²) < 4.78 is 11.9. The van der Waals surface area contributed by atoms with E-state index in [1.807, 2.05) is 20.8 Å². The van der Waals surface area contributed by atoms with E-state index in [4.69, 9.17) is 9.47 Å². The van der Waals surface area contributed by atoms with Gasteiger partial charge < -0.3 is 14.6 Å². The monoisotopic (exact) mass is 468 g/mol. The maximum absolute atomic E-state index is 13.3. The molecule has 0 aromatic heterocycles. The maximum atomic E-state index is 13.3. The van der Waals surface area contributed by atoms with E-state index in [1.54, 1.807) is 6.92 Å². The largest absolute Gasteiger partial charge is 0.456 e. The molecule has 6 aliphatic rings. The highest BCUT2D eigenvalue weighted by atomic mass is 16.6. The molecule has 6 nitrogen and oxygen atoms in total. The first kappa shape index (κ1) is 22.7. The second kappa shape index (κ2) is 6.70. The summed E-state index contributed by atoms with van der Waals surface area (Å²) in [5, 5.41) is 11.9. The number of cyclic esters (lactones) is 1. The van der Waals surface area contributed by atoms with Gasteiger partial charge in [0.1, 0.15) is 11.7 Å². The summed E-state index contributed by atoms with van der Waals surface area (Å²) in [6.45, 7) is 9.86. The van der Waals surface area contributed by atoms with Crippen molar-refractivity contribution < 1.29 is 29.0 Å². The fourth-order valence-electron chi connectivity index (χ4n) is 9.38. The van der Waals surface area contributed by atoms with Crippen LogP contribution in [0.4, 0.5) is 0 Å². The third kappa shape index (κ3) is 2.47. The van der Waals surface area contributed by atoms with Crippen LogP contribution in [0.15, 0.2) is 23.3 Å². The van der Waals surface area contributed by atoms with E-state index in [0.717, 1.165) is 37.7 Å². The van der Waals surface area contributed by atoms with Crippen LogP contribution in [0.5, 0.6) is 0 Å². The van der Waals surface area contributed by atoms with E-state index in [2.05, 4.69) is 6.92 Å². The number of esters is 1. The highest BCUT2D eigenvalue weighted by molar-refractivity contribution is 6.15. The Kier molecular flexibility index (Phi) is 4.46. The first-order chi connectivity index (χ1) is 15.9. The molecule has 2 aliphatic heterocycles. The summed E-state index contributed by atoms with van der Waals surface area (Å²) in [4.78, 5) is 38.6. The van der Waals surface area contributed by atoms with E-state index >= 15 is 0 Å². The van der Waals surface area contributed by atoms with Crippen molar-refractivity contribution in [2.45, 2.75) is 96.6 Å². The number of hydrogen-bond donors (Lipinski definition) is 1. The number of allylic oxidation sites excluding steroid dienone is 1. The van der Waals surface area contributed by atoms with Gasteiger partial charge in [-0.2, -0.15) is 0 Å². The van der Waals surface area contributed by atoms with Crippen LogP contribution in [-0.4, -0.2) is 46.1 Å². The minimum atomic E-state index is -1.13. The minimum Gasteiger partial charge on any atom is -0.456 e. The van der Waals surface area contributed by atoms with E-state index in [9.17, 15) is 19.5 Å². The summed E-state index contributed by atoms with van der Waals surface area (Å²) in [7, 11) is 0. The molecule has 184 valence electrons. The van der Waals surface area contributed by atoms with E-state index in [0.29, 0.717) is 17.9 Å². The zero-order valence-electron chi connectivity index (χ0n) is 20.8. The first-order valence-electron chi connectivity index (χ1n) is 12.9. The number of ether oxygens (including phenoxy) is 2. The third-order valence-electron chi connectivity index (χ3n) is 11.5. The lowest BCUT2D eigenvalue weighted by atomic mass is 9.44. The molecule has 0 aromatic carbocycles. The molecule has 6 heteroatoms. The van der Waals surface area contributed by atoms with Gasteiger partial charge in [-0.05, 0) is 101 Å². The molecule has 6 rings (SSSR count). The molecule has 2 heterocycles. The second-order valence-electron chi connectivity index (χ2n) is 12.6. The van der Waals surface area contributed by atoms with Gasteiger partial charge in [-0.1, -0.05) is 12.5 Å². The van der Waals surface area contributed by atoms with E-state index < -0.39 is 22.7 Å². The van der Waals surface area contributed by atoms with Crippen LogP contribution >= 0.6 is 0 Å². The summed E-state index contributed by atoms with van der Waals surface area (Å²) in [5.41, 5.74) is -1.37. The van der Waals surface area contributed by atoms with Gasteiger partial charge in [0, 0.05) is 12.0 Å². The van der Waals surface area contributed by atoms with Crippen molar-refractivity contribution in [2.24, 2.45) is 34.5 Å². The molecule has 4 aliphatic carbocycles. The van der Waals surface area contributed by atoms with E-state index in [1.165, 1.54) is 12.2 Å². The van der Waals surface area contributed by atoms with Crippen molar-refractivity contribution in [3.05, 3.63) is 23.3 Å². The molecule has 0 bridgehead atoms. The lowest BCUT2D eigenvalue weighted by Gasteiger charge is -2.58. The highest BCUT2D eigenvalue weighted by Crippen LogP contribution is 2.72. The minimum absolute atomic E-state index is 0.00171. The number of fused-ring (bicyclic) bond motifs is 4. The van der Waals surface area contributed by atoms with E-state index in [-0.39, 0.29) is 46.8 Å². The molecule has 0 unspecified atom stereocenters. The van der Waals surface area contributed by atoms with Gasteiger partial charge in [0.2, 0.25) is 0 Å². The number of aliphatic hydroxyl groups is 1. The summed E-state index contributed by atoms with van der Waals surface area (Å²) >= 11 is 0. The Bertz CT molecular complexity index is 1070. The van der Waals surface area contributed by atoms with Crippen molar-refractivity contribution in [3.8, 4) is 0 Å². The molecule has 10 atom stereocenters. The Morgan fingerprint density at radius 3 is 2.44 bits per heavy atom. The molecule has 0 radical (unpaired) electrons. The molecule has 4 fully saturated rings. The summed E-state index contributed by atoms with van der Waals surface area (Å²) in [6, 6.07) is 0. The zero-order chi connectivity index (χ0) is 24.4. The average Bonchev–Trinajstić information content (AvgIpc) is 3.40. The molecule has 0 aromatic rings. The Balaban J connectivity index is 1.32. The van der Waals surface area contributed by atoms with Gasteiger partial charge >= 0.3 is 5.97 Å². The molecule has 34 heavy (non-hydrogen) atoms. The standard InChI is InChI=1S/C28H36O6/c1-14-12-22(33-24(31)15(14)2)27(5,32)19-7-6-17-16-13-23-28(34-23)21(30)9-8-20(29)26(28,4)18(16)10-11-25(17,19)3/h8-9,16-19,22-23,32H,6-7,10-13H2,1-5H3/t16-,17+,18+,19-,22+,23+,25-,26-,27+,28+/m0/s1. The molecule has 3 saturated carbocycles. The second-order valence-corrected chi connectivity index (χ2v) is 12.6. The number of carbonyl (C=O) groups excluding carboxylic acids is 3. The van der Waals surface area contributed by atoms with Gasteiger partial charge in [0.25, 0.3) is 0 Å². The smallest absolute Gasteiger partial charge is 0.334 e. The molecular weight excluding hydrogens is 432 g/mol. The summed E-state index contributed by atoms with van der Waals surface area (Å²) in [5.74, 6) is 0.387. The third-order valence-corrected chi connectivity index (χ3v) is 11.5. The Hall–Kier alpha value is -1.79. The quantitative estimate of drug-likeness (QED) is 0.491. The fraction of sp³-hybridized carbons (Fsp3) is 0.750. The Morgan fingerprint density at radius 2 is 1.74 bits per heavy atom.